The molecule has 3 N–H and O–H groups in total. The number of carbonyl (C=O) groups excluding carboxylic acids is 1. The van der Waals surface area contributed by atoms with Crippen LogP contribution in [0, 0.1) is 0 Å². The number of nitrogens with zero attached hydrogens (tertiary/aromatic N) is 2. The molecule has 3 rings (SSSR count). The molecule has 0 aliphatic heterocycles. The zero-order valence-corrected chi connectivity index (χ0v) is 21.0. The number of phenols is 1. The van der Waals surface area contributed by atoms with E-state index in [0.717, 1.165) is 61.2 Å². The van der Waals surface area contributed by atoms with Gasteiger partial charge in [-0.2, -0.15) is 5.10 Å². The molecule has 3 aromatic carbocycles. The summed E-state index contributed by atoms with van der Waals surface area (Å²) in [4.78, 5) is 14.7. The fourth-order valence-corrected chi connectivity index (χ4v) is 3.91. The number of ether oxygens (including phenoxy) is 1. The lowest BCUT2D eigenvalue weighted by Crippen LogP contribution is -2.28. The van der Waals surface area contributed by atoms with Crippen LogP contribution in [0.5, 0.6) is 11.5 Å². The second kappa shape index (κ2) is 13.7. The summed E-state index contributed by atoms with van der Waals surface area (Å²) >= 11 is 5.87. The molecule has 8 heteroatoms. The molecule has 7 nitrogen and oxygen atoms in total. The maximum Gasteiger partial charge on any atom is 0.271 e. The van der Waals surface area contributed by atoms with Crippen molar-refractivity contribution >= 4 is 34.5 Å². The van der Waals surface area contributed by atoms with Gasteiger partial charge in [-0.05, 0) is 68.3 Å². The molecule has 35 heavy (non-hydrogen) atoms. The second-order valence-corrected chi connectivity index (χ2v) is 8.45. The number of benzene rings is 3. The van der Waals surface area contributed by atoms with Gasteiger partial charge < -0.3 is 20.1 Å². The van der Waals surface area contributed by atoms with Crippen molar-refractivity contribution in [3.63, 3.8) is 0 Å². The number of halogens is 1. The van der Waals surface area contributed by atoms with E-state index >= 15 is 0 Å². The maximum absolute atomic E-state index is 12.3. The molecular weight excluding hydrogens is 464 g/mol. The zero-order valence-electron chi connectivity index (χ0n) is 20.3. The number of carbonyl (C=O) groups is 1. The summed E-state index contributed by atoms with van der Waals surface area (Å²) in [7, 11) is 0. The Morgan fingerprint density at radius 2 is 1.86 bits per heavy atom. The standard InChI is InChI=1S/C27H33ClN4O3/c1-3-32(4-2)16-7-14-29-15-17-35-26-13-11-21(22-8-5-6-9-23(22)26)19-30-31-27(34)20-10-12-25(33)24(28)18-20/h5-6,8-13,18-19,29,33H,3-4,7,14-17H2,1-2H3,(H,31,34). The van der Waals surface area contributed by atoms with E-state index in [2.05, 4.69) is 34.6 Å². The summed E-state index contributed by atoms with van der Waals surface area (Å²) in [6.45, 7) is 10.00. The van der Waals surface area contributed by atoms with E-state index < -0.39 is 5.91 Å². The largest absolute Gasteiger partial charge is 0.506 e. The molecule has 3 aromatic rings. The van der Waals surface area contributed by atoms with Gasteiger partial charge >= 0.3 is 0 Å². The van der Waals surface area contributed by atoms with Gasteiger partial charge in [0.05, 0.1) is 11.2 Å². The Morgan fingerprint density at radius 1 is 1.09 bits per heavy atom. The summed E-state index contributed by atoms with van der Waals surface area (Å²) in [5.41, 5.74) is 3.65. The average molecular weight is 497 g/mol. The lowest BCUT2D eigenvalue weighted by Gasteiger charge is -2.17. The van der Waals surface area contributed by atoms with Crippen LogP contribution >= 0.6 is 11.6 Å². The van der Waals surface area contributed by atoms with E-state index in [0.29, 0.717) is 12.2 Å². The van der Waals surface area contributed by atoms with Gasteiger partial charge in [-0.25, -0.2) is 5.43 Å². The van der Waals surface area contributed by atoms with Crippen molar-refractivity contribution in [2.24, 2.45) is 5.10 Å². The molecule has 0 aromatic heterocycles. The van der Waals surface area contributed by atoms with Gasteiger partial charge in [-0.15, -0.1) is 0 Å². The first-order valence-corrected chi connectivity index (χ1v) is 12.3. The van der Waals surface area contributed by atoms with Crippen molar-refractivity contribution < 1.29 is 14.6 Å². The van der Waals surface area contributed by atoms with Crippen LogP contribution in [0.3, 0.4) is 0 Å². The SMILES string of the molecule is CCN(CC)CCCNCCOc1ccc(C=NNC(=O)c2ccc(O)c(Cl)c2)c2ccccc12. The van der Waals surface area contributed by atoms with Crippen molar-refractivity contribution in [3.05, 3.63) is 70.7 Å². The molecule has 0 fully saturated rings. The van der Waals surface area contributed by atoms with Crippen molar-refractivity contribution in [2.45, 2.75) is 20.3 Å². The van der Waals surface area contributed by atoms with Crippen LogP contribution in [0.1, 0.15) is 36.2 Å². The molecule has 0 unspecified atom stereocenters. The number of hydrazone groups is 1. The Kier molecular flexibility index (Phi) is 10.3. The minimum Gasteiger partial charge on any atom is -0.506 e. The summed E-state index contributed by atoms with van der Waals surface area (Å²) in [6.07, 6.45) is 2.72. The number of phenolic OH excluding ortho intramolecular Hbond substituents is 1. The molecule has 0 radical (unpaired) electrons. The van der Waals surface area contributed by atoms with Gasteiger partial charge in [0.1, 0.15) is 18.1 Å². The van der Waals surface area contributed by atoms with E-state index in [9.17, 15) is 9.90 Å². The third kappa shape index (κ3) is 7.68. The quantitative estimate of drug-likeness (QED) is 0.182. The Balaban J connectivity index is 1.55. The molecule has 0 atom stereocenters. The van der Waals surface area contributed by atoms with Crippen molar-refractivity contribution in [3.8, 4) is 11.5 Å². The number of aromatic hydroxyl groups is 1. The van der Waals surface area contributed by atoms with Gasteiger partial charge in [0.2, 0.25) is 0 Å². The van der Waals surface area contributed by atoms with Crippen LogP contribution < -0.4 is 15.5 Å². The highest BCUT2D eigenvalue weighted by Gasteiger charge is 2.09. The predicted octanol–water partition coefficient (Wildman–Crippen LogP) is 4.66. The Labute approximate surface area is 211 Å². The number of fused-ring (bicyclic) bond motifs is 1. The fraction of sp³-hybridized carbons (Fsp3) is 0.333. The topological polar surface area (TPSA) is 86.2 Å². The van der Waals surface area contributed by atoms with Gasteiger partial charge in [-0.3, -0.25) is 4.79 Å². The second-order valence-electron chi connectivity index (χ2n) is 8.04. The van der Waals surface area contributed by atoms with Gasteiger partial charge in [0.25, 0.3) is 5.91 Å². The molecular formula is C27H33ClN4O3. The number of rotatable bonds is 13. The molecule has 0 saturated carbocycles. The zero-order chi connectivity index (χ0) is 25.0. The third-order valence-corrected chi connectivity index (χ3v) is 6.06. The number of amides is 1. The minimum absolute atomic E-state index is 0.0773. The third-order valence-electron chi connectivity index (χ3n) is 5.76. The normalized spacial score (nSPS) is 11.4. The summed E-state index contributed by atoms with van der Waals surface area (Å²) < 4.78 is 6.05. The van der Waals surface area contributed by atoms with Gasteiger partial charge in [0, 0.05) is 23.1 Å². The maximum atomic E-state index is 12.3. The highest BCUT2D eigenvalue weighted by atomic mass is 35.5. The van der Waals surface area contributed by atoms with E-state index in [1.807, 2.05) is 36.4 Å². The first-order chi connectivity index (χ1) is 17.0. The van der Waals surface area contributed by atoms with E-state index in [1.54, 1.807) is 6.21 Å². The summed E-state index contributed by atoms with van der Waals surface area (Å²) in [6, 6.07) is 16.0. The van der Waals surface area contributed by atoms with Crippen LogP contribution in [0.25, 0.3) is 10.8 Å². The summed E-state index contributed by atoms with van der Waals surface area (Å²) in [5.74, 6) is 0.314. The van der Waals surface area contributed by atoms with E-state index in [4.69, 9.17) is 16.3 Å². The number of hydrogen-bond donors (Lipinski definition) is 3. The molecule has 0 bridgehead atoms. The van der Waals surface area contributed by atoms with Crippen LogP contribution in [-0.4, -0.2) is 61.5 Å². The van der Waals surface area contributed by atoms with Crippen LogP contribution in [0.15, 0.2) is 59.7 Å². The molecule has 0 saturated heterocycles. The molecule has 0 spiro atoms. The van der Waals surface area contributed by atoms with Crippen LogP contribution in [-0.2, 0) is 0 Å². The molecule has 0 heterocycles. The number of hydrogen-bond acceptors (Lipinski definition) is 6. The fourth-order valence-electron chi connectivity index (χ4n) is 3.73. The van der Waals surface area contributed by atoms with Crippen molar-refractivity contribution in [2.75, 3.05) is 39.3 Å². The smallest absolute Gasteiger partial charge is 0.271 e. The van der Waals surface area contributed by atoms with Crippen molar-refractivity contribution in [1.29, 1.82) is 0 Å². The highest BCUT2D eigenvalue weighted by Crippen LogP contribution is 2.28. The number of nitrogens with one attached hydrogen (secondary N) is 2. The van der Waals surface area contributed by atoms with Crippen LogP contribution in [0.4, 0.5) is 0 Å². The van der Waals surface area contributed by atoms with Gasteiger partial charge in [-0.1, -0.05) is 49.7 Å². The summed E-state index contributed by atoms with van der Waals surface area (Å²) in [5, 5.41) is 19.1. The highest BCUT2D eigenvalue weighted by molar-refractivity contribution is 6.32. The van der Waals surface area contributed by atoms with Crippen LogP contribution in [0.2, 0.25) is 5.02 Å². The minimum atomic E-state index is -0.419. The molecule has 0 aliphatic carbocycles. The molecule has 0 aliphatic rings. The van der Waals surface area contributed by atoms with E-state index in [1.165, 1.54) is 18.2 Å². The van der Waals surface area contributed by atoms with Crippen molar-refractivity contribution in [1.82, 2.24) is 15.6 Å². The Morgan fingerprint density at radius 3 is 2.60 bits per heavy atom. The van der Waals surface area contributed by atoms with Gasteiger partial charge in [0.15, 0.2) is 0 Å². The Bertz CT molecular complexity index is 1150. The lowest BCUT2D eigenvalue weighted by atomic mass is 10.0. The monoisotopic (exact) mass is 496 g/mol. The molecule has 1 amide bonds. The molecule has 186 valence electrons. The lowest BCUT2D eigenvalue weighted by molar-refractivity contribution is 0.0955. The van der Waals surface area contributed by atoms with E-state index in [-0.39, 0.29) is 10.8 Å². The first kappa shape index (κ1) is 26.5. The Hall–Kier alpha value is -3.13. The average Bonchev–Trinajstić information content (AvgIpc) is 2.88. The first-order valence-electron chi connectivity index (χ1n) is 11.9. The predicted molar refractivity (Wildman–Crippen MR) is 143 cm³/mol.